The summed E-state index contributed by atoms with van der Waals surface area (Å²) in [7, 11) is 1.58. The first kappa shape index (κ1) is 18.4. The fraction of sp³-hybridized carbons (Fsp3) is 0.143. The molecule has 0 radical (unpaired) electrons. The first-order valence-electron chi connectivity index (χ1n) is 8.92. The van der Waals surface area contributed by atoms with Gasteiger partial charge in [-0.2, -0.15) is 9.78 Å². The van der Waals surface area contributed by atoms with Crippen molar-refractivity contribution in [1.82, 2.24) is 14.8 Å². The molecule has 0 unspecified atom stereocenters. The van der Waals surface area contributed by atoms with E-state index in [9.17, 15) is 14.9 Å². The summed E-state index contributed by atoms with van der Waals surface area (Å²) in [5, 5.41) is 16.7. The molecule has 4 rings (SSSR count). The van der Waals surface area contributed by atoms with Gasteiger partial charge in [0.1, 0.15) is 5.75 Å². The number of nitrogens with zero attached hydrogens (tertiary/aromatic N) is 3. The molecule has 0 aliphatic carbocycles. The van der Waals surface area contributed by atoms with E-state index in [4.69, 9.17) is 4.74 Å². The lowest BCUT2D eigenvalue weighted by Gasteiger charge is -2.09. The molecule has 2 aromatic heterocycles. The van der Waals surface area contributed by atoms with Gasteiger partial charge in [-0.3, -0.25) is 14.9 Å². The van der Waals surface area contributed by atoms with Crippen LogP contribution in [0, 0.1) is 24.0 Å². The Balaban J connectivity index is 1.96. The van der Waals surface area contributed by atoms with E-state index < -0.39 is 4.92 Å². The van der Waals surface area contributed by atoms with Gasteiger partial charge in [-0.25, -0.2) is 0 Å². The maximum atomic E-state index is 13.4. The average Bonchev–Trinajstić information content (AvgIpc) is 3.09. The van der Waals surface area contributed by atoms with E-state index in [1.54, 1.807) is 43.5 Å². The third kappa shape index (κ3) is 3.04. The maximum absolute atomic E-state index is 13.4. The molecule has 4 aromatic rings. The third-order valence-corrected chi connectivity index (χ3v) is 4.89. The van der Waals surface area contributed by atoms with E-state index in [0.29, 0.717) is 33.8 Å². The van der Waals surface area contributed by atoms with Crippen LogP contribution in [0.3, 0.4) is 0 Å². The van der Waals surface area contributed by atoms with Crippen molar-refractivity contribution in [3.05, 3.63) is 80.4 Å². The number of hydrogen-bond acceptors (Lipinski definition) is 5. The van der Waals surface area contributed by atoms with E-state index in [-0.39, 0.29) is 11.2 Å². The molecule has 0 aliphatic heterocycles. The number of ether oxygens (including phenoxy) is 1. The largest absolute Gasteiger partial charge is 0.497 e. The van der Waals surface area contributed by atoms with Crippen molar-refractivity contribution in [3.63, 3.8) is 0 Å². The molecule has 0 saturated carbocycles. The number of H-pyrrole nitrogens is 1. The topological polar surface area (TPSA) is 103 Å². The van der Waals surface area contributed by atoms with Crippen LogP contribution in [0.25, 0.3) is 27.7 Å². The quantitative estimate of drug-likeness (QED) is 0.420. The van der Waals surface area contributed by atoms with Gasteiger partial charge in [0, 0.05) is 23.2 Å². The van der Waals surface area contributed by atoms with Crippen LogP contribution in [0.1, 0.15) is 11.4 Å². The predicted molar refractivity (Wildman–Crippen MR) is 110 cm³/mol. The Hall–Kier alpha value is -3.94. The summed E-state index contributed by atoms with van der Waals surface area (Å²) in [5.41, 5.74) is 3.18. The van der Waals surface area contributed by atoms with E-state index >= 15 is 0 Å². The third-order valence-electron chi connectivity index (χ3n) is 4.89. The number of fused-ring (bicyclic) bond motifs is 1. The molecule has 0 bridgehead atoms. The molecule has 0 amide bonds. The van der Waals surface area contributed by atoms with Gasteiger partial charge < -0.3 is 9.72 Å². The van der Waals surface area contributed by atoms with Crippen LogP contribution in [0.15, 0.2) is 53.3 Å². The fourth-order valence-corrected chi connectivity index (χ4v) is 3.51. The number of nitro benzene ring substituents is 1. The smallest absolute Gasteiger partial charge is 0.281 e. The molecular formula is C21H18N4O4. The SMILES string of the molecule is COc1ccc(-n2nc(C)c3c(C)[nH]c(-c4ccc([N+](=O)[O-])cc4)c3c2=O)cc1. The summed E-state index contributed by atoms with van der Waals surface area (Å²) in [6, 6.07) is 13.2. The van der Waals surface area contributed by atoms with E-state index in [0.717, 1.165) is 11.1 Å². The molecule has 146 valence electrons. The van der Waals surface area contributed by atoms with Gasteiger partial charge in [0.25, 0.3) is 11.2 Å². The van der Waals surface area contributed by atoms with Crippen molar-refractivity contribution >= 4 is 16.5 Å². The molecular weight excluding hydrogens is 372 g/mol. The minimum absolute atomic E-state index is 0.00479. The Bertz CT molecular complexity index is 1290. The van der Waals surface area contributed by atoms with Crippen molar-refractivity contribution in [2.75, 3.05) is 7.11 Å². The number of methoxy groups -OCH3 is 1. The Morgan fingerprint density at radius 1 is 1.03 bits per heavy atom. The number of benzene rings is 2. The van der Waals surface area contributed by atoms with Crippen molar-refractivity contribution in [2.24, 2.45) is 0 Å². The monoisotopic (exact) mass is 390 g/mol. The molecule has 8 nitrogen and oxygen atoms in total. The molecule has 8 heteroatoms. The zero-order chi connectivity index (χ0) is 20.7. The minimum atomic E-state index is -0.452. The van der Waals surface area contributed by atoms with Gasteiger partial charge in [0.15, 0.2) is 0 Å². The molecule has 1 N–H and O–H groups in total. The molecule has 0 atom stereocenters. The summed E-state index contributed by atoms with van der Waals surface area (Å²) in [6.45, 7) is 3.73. The second-order valence-electron chi connectivity index (χ2n) is 6.68. The zero-order valence-corrected chi connectivity index (χ0v) is 16.1. The summed E-state index contributed by atoms with van der Waals surface area (Å²) in [5.74, 6) is 0.684. The van der Waals surface area contributed by atoms with E-state index in [1.807, 2.05) is 13.8 Å². The molecule has 0 fully saturated rings. The van der Waals surface area contributed by atoms with Gasteiger partial charge in [-0.1, -0.05) is 0 Å². The predicted octanol–water partition coefficient (Wildman–Crippen LogP) is 3.91. The van der Waals surface area contributed by atoms with Gasteiger partial charge in [-0.15, -0.1) is 0 Å². The zero-order valence-electron chi connectivity index (χ0n) is 16.1. The molecule has 0 spiro atoms. The van der Waals surface area contributed by atoms with Crippen LogP contribution < -0.4 is 10.3 Å². The van der Waals surface area contributed by atoms with Gasteiger partial charge in [0.2, 0.25) is 0 Å². The summed E-state index contributed by atoms with van der Waals surface area (Å²) < 4.78 is 6.54. The number of aromatic amines is 1. The van der Waals surface area contributed by atoms with Crippen LogP contribution >= 0.6 is 0 Å². The standard InChI is InChI=1S/C21H18N4O4/c1-12-18-13(2)23-24(15-8-10-17(29-3)11-9-15)21(26)19(18)20(22-12)14-4-6-16(7-5-14)25(27)28/h4-11,22H,1-3H3. The van der Waals surface area contributed by atoms with Crippen LogP contribution in [-0.2, 0) is 0 Å². The van der Waals surface area contributed by atoms with Crippen molar-refractivity contribution < 1.29 is 9.66 Å². The first-order chi connectivity index (χ1) is 13.9. The maximum Gasteiger partial charge on any atom is 0.281 e. The van der Waals surface area contributed by atoms with Gasteiger partial charge in [-0.05, 0) is 55.8 Å². The number of nitrogens with one attached hydrogen (secondary N) is 1. The minimum Gasteiger partial charge on any atom is -0.497 e. The van der Waals surface area contributed by atoms with E-state index in [1.165, 1.54) is 16.8 Å². The lowest BCUT2D eigenvalue weighted by Crippen LogP contribution is -2.22. The van der Waals surface area contributed by atoms with Crippen LogP contribution in [0.4, 0.5) is 5.69 Å². The van der Waals surface area contributed by atoms with Crippen molar-refractivity contribution in [2.45, 2.75) is 13.8 Å². The summed E-state index contributed by atoms with van der Waals surface area (Å²) in [6.07, 6.45) is 0. The number of non-ortho nitro benzene ring substituents is 1. The Labute approximate surface area is 165 Å². The van der Waals surface area contributed by atoms with Gasteiger partial charge >= 0.3 is 0 Å². The van der Waals surface area contributed by atoms with Crippen LogP contribution in [-0.4, -0.2) is 26.8 Å². The second-order valence-corrected chi connectivity index (χ2v) is 6.68. The second kappa shape index (κ2) is 6.90. The molecule has 2 heterocycles. The highest BCUT2D eigenvalue weighted by Gasteiger charge is 2.19. The van der Waals surface area contributed by atoms with E-state index in [2.05, 4.69) is 10.1 Å². The Kier molecular flexibility index (Phi) is 4.38. The molecule has 0 aliphatic rings. The number of hydrogen-bond donors (Lipinski definition) is 1. The number of nitro groups is 1. The normalized spacial score (nSPS) is 11.0. The highest BCUT2D eigenvalue weighted by Crippen LogP contribution is 2.31. The number of aromatic nitrogens is 3. The van der Waals surface area contributed by atoms with Crippen LogP contribution in [0.2, 0.25) is 0 Å². The molecule has 2 aromatic carbocycles. The van der Waals surface area contributed by atoms with Crippen molar-refractivity contribution in [1.29, 1.82) is 0 Å². The number of aryl methyl sites for hydroxylation is 2. The van der Waals surface area contributed by atoms with Crippen LogP contribution in [0.5, 0.6) is 5.75 Å². The Morgan fingerprint density at radius 3 is 2.28 bits per heavy atom. The van der Waals surface area contributed by atoms with Gasteiger partial charge in [0.05, 0.1) is 34.5 Å². The summed E-state index contributed by atoms with van der Waals surface area (Å²) in [4.78, 5) is 27.1. The highest BCUT2D eigenvalue weighted by molar-refractivity contribution is 5.98. The highest BCUT2D eigenvalue weighted by atomic mass is 16.6. The number of rotatable bonds is 4. The Morgan fingerprint density at radius 2 is 1.69 bits per heavy atom. The molecule has 29 heavy (non-hydrogen) atoms. The molecule has 0 saturated heterocycles. The fourth-order valence-electron chi connectivity index (χ4n) is 3.51. The summed E-state index contributed by atoms with van der Waals surface area (Å²) >= 11 is 0. The first-order valence-corrected chi connectivity index (χ1v) is 8.92. The van der Waals surface area contributed by atoms with Crippen molar-refractivity contribution in [3.8, 4) is 22.7 Å². The lowest BCUT2D eigenvalue weighted by atomic mass is 10.1. The lowest BCUT2D eigenvalue weighted by molar-refractivity contribution is -0.384. The average molecular weight is 390 g/mol.